The van der Waals surface area contributed by atoms with Gasteiger partial charge in [0, 0.05) is 46.3 Å². The lowest BCUT2D eigenvalue weighted by molar-refractivity contribution is -0.136. The number of amides is 2. The molecule has 19 heavy (non-hydrogen) atoms. The molecule has 2 rings (SSSR count). The average Bonchev–Trinajstić information content (AvgIpc) is 3.04. The predicted molar refractivity (Wildman–Crippen MR) is 70.6 cm³/mol. The number of nitrogens with one attached hydrogen (secondary N) is 1. The molecule has 6 heteroatoms. The van der Waals surface area contributed by atoms with Crippen molar-refractivity contribution in [2.24, 2.45) is 5.92 Å². The predicted octanol–water partition coefficient (Wildman–Crippen LogP) is -0.698. The van der Waals surface area contributed by atoms with Gasteiger partial charge in [0.2, 0.25) is 11.8 Å². The van der Waals surface area contributed by atoms with Crippen molar-refractivity contribution in [1.82, 2.24) is 15.1 Å². The summed E-state index contributed by atoms with van der Waals surface area (Å²) in [5.41, 5.74) is 0. The van der Waals surface area contributed by atoms with Crippen LogP contribution in [0.4, 0.5) is 0 Å². The first-order valence-electron chi connectivity index (χ1n) is 6.87. The van der Waals surface area contributed by atoms with E-state index in [4.69, 9.17) is 4.74 Å². The Balaban J connectivity index is 1.88. The number of likely N-dealkylation sites (tertiary alicyclic amines) is 1. The number of carbonyl (C=O) groups excluding carboxylic acids is 2. The highest BCUT2D eigenvalue weighted by Gasteiger charge is 2.37. The third-order valence-electron chi connectivity index (χ3n) is 4.06. The second-order valence-corrected chi connectivity index (χ2v) is 5.33. The summed E-state index contributed by atoms with van der Waals surface area (Å²) in [6.07, 6.45) is 1.34. The summed E-state index contributed by atoms with van der Waals surface area (Å²) in [5, 5.41) is 3.26. The van der Waals surface area contributed by atoms with Crippen LogP contribution in [-0.4, -0.2) is 74.6 Å². The van der Waals surface area contributed by atoms with Crippen molar-refractivity contribution in [1.29, 1.82) is 0 Å². The van der Waals surface area contributed by atoms with Gasteiger partial charge in [0.25, 0.3) is 0 Å². The highest BCUT2D eigenvalue weighted by molar-refractivity contribution is 5.89. The molecule has 0 aromatic heterocycles. The fraction of sp³-hybridized carbons (Fsp3) is 0.846. The molecule has 2 heterocycles. The van der Waals surface area contributed by atoms with Gasteiger partial charge in [-0.15, -0.1) is 0 Å². The molecule has 0 aliphatic carbocycles. The van der Waals surface area contributed by atoms with Gasteiger partial charge in [-0.3, -0.25) is 9.59 Å². The summed E-state index contributed by atoms with van der Waals surface area (Å²) in [7, 11) is 3.46. The molecule has 0 bridgehead atoms. The number of hydrogen-bond acceptors (Lipinski definition) is 4. The fourth-order valence-electron chi connectivity index (χ4n) is 2.79. The van der Waals surface area contributed by atoms with Crippen LogP contribution in [-0.2, 0) is 14.3 Å². The van der Waals surface area contributed by atoms with Gasteiger partial charge >= 0.3 is 0 Å². The van der Waals surface area contributed by atoms with Gasteiger partial charge in [0.05, 0.1) is 12.5 Å². The molecule has 2 amide bonds. The first-order valence-corrected chi connectivity index (χ1v) is 6.87. The molecule has 6 nitrogen and oxygen atoms in total. The Morgan fingerprint density at radius 1 is 1.58 bits per heavy atom. The van der Waals surface area contributed by atoms with Gasteiger partial charge in [-0.2, -0.15) is 0 Å². The normalized spacial score (nSPS) is 27.1. The van der Waals surface area contributed by atoms with Crippen LogP contribution in [0.25, 0.3) is 0 Å². The van der Waals surface area contributed by atoms with Crippen molar-refractivity contribution in [2.45, 2.75) is 18.9 Å². The average molecular weight is 269 g/mol. The van der Waals surface area contributed by atoms with E-state index in [0.717, 1.165) is 19.5 Å². The van der Waals surface area contributed by atoms with Crippen LogP contribution in [0.1, 0.15) is 12.8 Å². The van der Waals surface area contributed by atoms with Crippen molar-refractivity contribution in [3.05, 3.63) is 0 Å². The Labute approximate surface area is 114 Å². The van der Waals surface area contributed by atoms with Gasteiger partial charge in [-0.25, -0.2) is 0 Å². The highest BCUT2D eigenvalue weighted by atomic mass is 16.5. The maximum absolute atomic E-state index is 12.4. The van der Waals surface area contributed by atoms with E-state index < -0.39 is 0 Å². The molecule has 2 aliphatic rings. The lowest BCUT2D eigenvalue weighted by Gasteiger charge is -2.26. The number of nitrogens with zero attached hydrogens (tertiary/aromatic N) is 2. The summed E-state index contributed by atoms with van der Waals surface area (Å²) in [5.74, 6) is -0.0229. The molecule has 2 atom stereocenters. The molecule has 108 valence electrons. The summed E-state index contributed by atoms with van der Waals surface area (Å²) in [6, 6.07) is 0.274. The Kier molecular flexibility index (Phi) is 4.76. The van der Waals surface area contributed by atoms with Gasteiger partial charge in [-0.05, 0) is 13.0 Å². The number of ether oxygens (including phenoxy) is 1. The second-order valence-electron chi connectivity index (χ2n) is 5.33. The number of rotatable bonds is 5. The minimum atomic E-state index is -0.185. The van der Waals surface area contributed by atoms with Gasteiger partial charge in [0.15, 0.2) is 0 Å². The van der Waals surface area contributed by atoms with Crippen LogP contribution in [0.5, 0.6) is 0 Å². The zero-order chi connectivity index (χ0) is 13.8. The number of carbonyl (C=O) groups is 2. The van der Waals surface area contributed by atoms with Crippen molar-refractivity contribution in [2.75, 3.05) is 46.9 Å². The molecule has 1 N–H and O–H groups in total. The van der Waals surface area contributed by atoms with Gasteiger partial charge < -0.3 is 19.9 Å². The topological polar surface area (TPSA) is 61.9 Å². The molecule has 0 saturated carbocycles. The molecule has 2 aliphatic heterocycles. The van der Waals surface area contributed by atoms with E-state index in [-0.39, 0.29) is 23.8 Å². The van der Waals surface area contributed by atoms with Crippen molar-refractivity contribution >= 4 is 11.8 Å². The Bertz CT molecular complexity index is 342. The third kappa shape index (κ3) is 3.25. The summed E-state index contributed by atoms with van der Waals surface area (Å²) in [6.45, 7) is 3.45. The molecule has 0 unspecified atom stereocenters. The van der Waals surface area contributed by atoms with E-state index in [2.05, 4.69) is 5.32 Å². The minimum absolute atomic E-state index is 0.0633. The smallest absolute Gasteiger partial charge is 0.228 e. The van der Waals surface area contributed by atoms with E-state index in [1.165, 1.54) is 0 Å². The lowest BCUT2D eigenvalue weighted by Crippen LogP contribution is -2.42. The molecule has 0 aromatic rings. The van der Waals surface area contributed by atoms with E-state index in [1.807, 2.05) is 11.9 Å². The van der Waals surface area contributed by atoms with Crippen molar-refractivity contribution in [3.8, 4) is 0 Å². The Hall–Kier alpha value is -1.14. The Morgan fingerprint density at radius 3 is 3.00 bits per heavy atom. The Morgan fingerprint density at radius 2 is 2.37 bits per heavy atom. The number of methoxy groups -OCH3 is 1. The molecule has 0 aromatic carbocycles. The van der Waals surface area contributed by atoms with E-state index in [9.17, 15) is 9.59 Å². The summed E-state index contributed by atoms with van der Waals surface area (Å²) < 4.78 is 4.98. The standard InChI is InChI=1S/C13H23N3O3/c1-15(11-3-4-14-8-11)13(18)10-7-12(17)16(9-10)5-6-19-2/h10-11,14H,3-9H2,1-2H3/t10-,11-/m0/s1. The lowest BCUT2D eigenvalue weighted by atomic mass is 10.1. The molecule has 2 saturated heterocycles. The zero-order valence-corrected chi connectivity index (χ0v) is 11.7. The van der Waals surface area contributed by atoms with E-state index in [1.54, 1.807) is 12.0 Å². The fourth-order valence-corrected chi connectivity index (χ4v) is 2.79. The minimum Gasteiger partial charge on any atom is -0.383 e. The summed E-state index contributed by atoms with van der Waals surface area (Å²) >= 11 is 0. The monoisotopic (exact) mass is 269 g/mol. The van der Waals surface area contributed by atoms with Crippen LogP contribution in [0.15, 0.2) is 0 Å². The quantitative estimate of drug-likeness (QED) is 0.717. The molecule has 0 radical (unpaired) electrons. The molecular weight excluding hydrogens is 246 g/mol. The molecule has 2 fully saturated rings. The largest absolute Gasteiger partial charge is 0.383 e. The zero-order valence-electron chi connectivity index (χ0n) is 11.7. The first-order chi connectivity index (χ1) is 9.13. The van der Waals surface area contributed by atoms with Crippen LogP contribution in [0.3, 0.4) is 0 Å². The van der Waals surface area contributed by atoms with Crippen LogP contribution < -0.4 is 5.32 Å². The van der Waals surface area contributed by atoms with E-state index >= 15 is 0 Å². The van der Waals surface area contributed by atoms with Crippen LogP contribution in [0.2, 0.25) is 0 Å². The molecular formula is C13H23N3O3. The van der Waals surface area contributed by atoms with Crippen LogP contribution in [0, 0.1) is 5.92 Å². The summed E-state index contributed by atoms with van der Waals surface area (Å²) in [4.78, 5) is 27.8. The third-order valence-corrected chi connectivity index (χ3v) is 4.06. The molecule has 0 spiro atoms. The highest BCUT2D eigenvalue weighted by Crippen LogP contribution is 2.21. The maximum atomic E-state index is 12.4. The second kappa shape index (κ2) is 6.34. The first kappa shape index (κ1) is 14.3. The number of likely N-dealkylation sites (N-methyl/N-ethyl adjacent to an activating group) is 1. The number of hydrogen-bond donors (Lipinski definition) is 1. The SMILES string of the molecule is COCCN1C[C@@H](C(=O)N(C)[C@H]2CCNC2)CC1=O. The van der Waals surface area contributed by atoms with Crippen LogP contribution >= 0.6 is 0 Å². The van der Waals surface area contributed by atoms with Crippen molar-refractivity contribution < 1.29 is 14.3 Å². The van der Waals surface area contributed by atoms with E-state index in [0.29, 0.717) is 26.1 Å². The van der Waals surface area contributed by atoms with Crippen molar-refractivity contribution in [3.63, 3.8) is 0 Å². The maximum Gasteiger partial charge on any atom is 0.228 e. The van der Waals surface area contributed by atoms with Gasteiger partial charge in [-0.1, -0.05) is 0 Å². The van der Waals surface area contributed by atoms with Gasteiger partial charge in [0.1, 0.15) is 0 Å².